The summed E-state index contributed by atoms with van der Waals surface area (Å²) < 4.78 is 0. The Morgan fingerprint density at radius 1 is 1.17 bits per heavy atom. The molecule has 2 aromatic heterocycles. The number of anilines is 1. The molecule has 1 N–H and O–H groups in total. The highest BCUT2D eigenvalue weighted by Gasteiger charge is 2.19. The number of hydrogen-bond acceptors (Lipinski definition) is 6. The van der Waals surface area contributed by atoms with Gasteiger partial charge in [0.15, 0.2) is 5.13 Å². The quantitative estimate of drug-likeness (QED) is 0.516. The number of pyridine rings is 1. The van der Waals surface area contributed by atoms with Crippen molar-refractivity contribution in [3.8, 4) is 17.3 Å². The second-order valence-electron chi connectivity index (χ2n) is 7.02. The van der Waals surface area contributed by atoms with Crippen molar-refractivity contribution < 1.29 is 4.79 Å². The number of nitrogens with zero attached hydrogens (tertiary/aromatic N) is 3. The molecule has 0 aliphatic heterocycles. The van der Waals surface area contributed by atoms with E-state index in [1.807, 2.05) is 48.7 Å². The first kappa shape index (κ1) is 21.0. The third kappa shape index (κ3) is 5.66. The molecule has 0 bridgehead atoms. The largest absolute Gasteiger partial charge is 0.301 e. The van der Waals surface area contributed by atoms with Gasteiger partial charge in [0.25, 0.3) is 0 Å². The van der Waals surface area contributed by atoms with E-state index >= 15 is 0 Å². The van der Waals surface area contributed by atoms with Gasteiger partial charge in [-0.25, -0.2) is 9.97 Å². The lowest BCUT2D eigenvalue weighted by atomic mass is 10.1. The van der Waals surface area contributed by atoms with Crippen molar-refractivity contribution in [3.05, 3.63) is 59.1 Å². The molecule has 0 aliphatic rings. The van der Waals surface area contributed by atoms with E-state index in [0.717, 1.165) is 23.4 Å². The number of aromatic nitrogens is 2. The molecule has 0 saturated carbocycles. The molecule has 1 unspecified atom stereocenters. The molecule has 1 amide bonds. The summed E-state index contributed by atoms with van der Waals surface area (Å²) in [6, 6.07) is 15.7. The summed E-state index contributed by atoms with van der Waals surface area (Å²) in [7, 11) is 0. The molecule has 0 fully saturated rings. The molecule has 0 spiro atoms. The summed E-state index contributed by atoms with van der Waals surface area (Å²) in [6.07, 6.45) is 0.835. The molecule has 1 atom stereocenters. The topological polar surface area (TPSA) is 78.7 Å². The van der Waals surface area contributed by atoms with Crippen LogP contribution in [0.25, 0.3) is 11.3 Å². The zero-order valence-corrected chi connectivity index (χ0v) is 18.2. The number of rotatable bonds is 7. The fourth-order valence-corrected chi connectivity index (χ4v) is 4.32. The van der Waals surface area contributed by atoms with Gasteiger partial charge >= 0.3 is 0 Å². The number of carbonyl (C=O) groups excluding carboxylic acids is 1. The lowest BCUT2D eigenvalue weighted by molar-refractivity contribution is -0.115. The molecule has 29 heavy (non-hydrogen) atoms. The van der Waals surface area contributed by atoms with Crippen LogP contribution in [0.4, 0.5) is 5.13 Å². The number of thioether (sulfide) groups is 1. The van der Waals surface area contributed by atoms with Gasteiger partial charge in [0.1, 0.15) is 11.1 Å². The van der Waals surface area contributed by atoms with Gasteiger partial charge in [0, 0.05) is 16.6 Å². The minimum atomic E-state index is -0.409. The minimum Gasteiger partial charge on any atom is -0.301 e. The van der Waals surface area contributed by atoms with E-state index in [1.165, 1.54) is 23.1 Å². The Kier molecular flexibility index (Phi) is 7.02. The molecule has 3 rings (SSSR count). The van der Waals surface area contributed by atoms with Crippen LogP contribution < -0.4 is 5.32 Å². The van der Waals surface area contributed by atoms with Crippen LogP contribution in [0, 0.1) is 17.2 Å². The van der Waals surface area contributed by atoms with E-state index in [4.69, 9.17) is 0 Å². The molecule has 3 aromatic rings. The number of hydrogen-bond donors (Lipinski definition) is 1. The second kappa shape index (κ2) is 9.68. The van der Waals surface area contributed by atoms with Crippen LogP contribution in [0.15, 0.2) is 52.9 Å². The van der Waals surface area contributed by atoms with E-state index in [1.54, 1.807) is 6.07 Å². The van der Waals surface area contributed by atoms with Crippen LogP contribution in [-0.2, 0) is 11.2 Å². The Morgan fingerprint density at radius 3 is 2.62 bits per heavy atom. The Balaban J connectivity index is 1.68. The van der Waals surface area contributed by atoms with Crippen LogP contribution >= 0.6 is 23.1 Å². The van der Waals surface area contributed by atoms with E-state index < -0.39 is 5.25 Å². The van der Waals surface area contributed by atoms with Crippen molar-refractivity contribution in [2.75, 3.05) is 5.32 Å². The van der Waals surface area contributed by atoms with Gasteiger partial charge in [0.2, 0.25) is 5.91 Å². The van der Waals surface area contributed by atoms with Crippen molar-refractivity contribution in [3.63, 3.8) is 0 Å². The predicted molar refractivity (Wildman–Crippen MR) is 119 cm³/mol. The molecule has 0 saturated heterocycles. The number of amides is 1. The van der Waals surface area contributed by atoms with Crippen molar-refractivity contribution in [1.82, 2.24) is 9.97 Å². The van der Waals surface area contributed by atoms with Crippen molar-refractivity contribution >= 4 is 34.1 Å². The third-order valence-corrected chi connectivity index (χ3v) is 5.98. The van der Waals surface area contributed by atoms with Crippen LogP contribution in [0.3, 0.4) is 0 Å². The summed E-state index contributed by atoms with van der Waals surface area (Å²) in [5, 5.41) is 14.9. The molecular formula is C22H22N4OS2. The summed E-state index contributed by atoms with van der Waals surface area (Å²) >= 11 is 2.69. The van der Waals surface area contributed by atoms with Gasteiger partial charge in [-0.15, -0.1) is 11.3 Å². The van der Waals surface area contributed by atoms with Crippen LogP contribution in [0.1, 0.15) is 32.0 Å². The summed E-state index contributed by atoms with van der Waals surface area (Å²) in [5.74, 6) is 0.307. The maximum atomic E-state index is 12.6. The highest BCUT2D eigenvalue weighted by atomic mass is 32.2. The van der Waals surface area contributed by atoms with Gasteiger partial charge in [-0.05, 0) is 31.4 Å². The Morgan fingerprint density at radius 2 is 1.93 bits per heavy atom. The smallest absolute Gasteiger partial charge is 0.239 e. The second-order valence-corrected chi connectivity index (χ2v) is 9.21. The monoisotopic (exact) mass is 422 g/mol. The third-order valence-electron chi connectivity index (χ3n) is 4.12. The molecule has 2 heterocycles. The average molecular weight is 423 g/mol. The van der Waals surface area contributed by atoms with Crippen LogP contribution in [0.5, 0.6) is 0 Å². The number of nitrogens with one attached hydrogen (secondary N) is 1. The molecule has 1 aromatic carbocycles. The minimum absolute atomic E-state index is 0.163. The fourth-order valence-electron chi connectivity index (χ4n) is 2.69. The van der Waals surface area contributed by atoms with Crippen LogP contribution in [-0.4, -0.2) is 21.1 Å². The lowest BCUT2D eigenvalue weighted by Crippen LogP contribution is -2.22. The Hall–Kier alpha value is -2.69. The first-order valence-electron chi connectivity index (χ1n) is 9.34. The molecule has 7 heteroatoms. The standard InChI is InChI=1S/C22H22N4OS2/c1-14(2)11-18-10-9-17(12-23)21(24-18)29-15(3)20(27)26-22-25-19(13-28-22)16-7-5-4-6-8-16/h4-10,13-15H,11H2,1-3H3,(H,25,26,27). The first-order valence-corrected chi connectivity index (χ1v) is 11.1. The zero-order chi connectivity index (χ0) is 20.8. The Labute approximate surface area is 179 Å². The summed E-state index contributed by atoms with van der Waals surface area (Å²) in [4.78, 5) is 21.8. The number of thiazole rings is 1. The van der Waals surface area contributed by atoms with Gasteiger partial charge in [-0.2, -0.15) is 5.26 Å². The maximum Gasteiger partial charge on any atom is 0.239 e. The lowest BCUT2D eigenvalue weighted by Gasteiger charge is -2.12. The molecule has 0 aliphatic carbocycles. The predicted octanol–water partition coefficient (Wildman–Crippen LogP) is 5.39. The zero-order valence-electron chi connectivity index (χ0n) is 16.5. The maximum absolute atomic E-state index is 12.6. The summed E-state index contributed by atoms with van der Waals surface area (Å²) in [6.45, 7) is 6.06. The SMILES string of the molecule is CC(C)Cc1ccc(C#N)c(SC(C)C(=O)Nc2nc(-c3ccccc3)cs2)n1. The van der Waals surface area contributed by atoms with E-state index in [2.05, 4.69) is 35.2 Å². The van der Waals surface area contributed by atoms with Crippen molar-refractivity contribution in [1.29, 1.82) is 5.26 Å². The number of benzene rings is 1. The molecule has 5 nitrogen and oxygen atoms in total. The van der Waals surface area contributed by atoms with E-state index in [-0.39, 0.29) is 5.91 Å². The van der Waals surface area contributed by atoms with E-state index in [9.17, 15) is 10.1 Å². The van der Waals surface area contributed by atoms with Crippen LogP contribution in [0.2, 0.25) is 0 Å². The molecule has 0 radical (unpaired) electrons. The Bertz CT molecular complexity index is 1020. The fraction of sp³-hybridized carbons (Fsp3) is 0.273. The van der Waals surface area contributed by atoms with Gasteiger partial charge < -0.3 is 5.32 Å². The molecule has 148 valence electrons. The highest BCUT2D eigenvalue weighted by molar-refractivity contribution is 8.00. The van der Waals surface area contributed by atoms with Gasteiger partial charge in [-0.1, -0.05) is 55.9 Å². The average Bonchev–Trinajstić information content (AvgIpc) is 3.17. The van der Waals surface area contributed by atoms with Gasteiger partial charge in [-0.3, -0.25) is 4.79 Å². The van der Waals surface area contributed by atoms with Crippen molar-refractivity contribution in [2.45, 2.75) is 37.5 Å². The van der Waals surface area contributed by atoms with Crippen molar-refractivity contribution in [2.24, 2.45) is 5.92 Å². The highest BCUT2D eigenvalue weighted by Crippen LogP contribution is 2.28. The number of carbonyl (C=O) groups is 1. The first-order chi connectivity index (χ1) is 14.0. The molecular weight excluding hydrogens is 400 g/mol. The normalized spacial score (nSPS) is 11.8. The van der Waals surface area contributed by atoms with Gasteiger partial charge in [0.05, 0.1) is 16.5 Å². The summed E-state index contributed by atoms with van der Waals surface area (Å²) in [5.41, 5.74) is 3.27. The number of nitriles is 1. The van der Waals surface area contributed by atoms with E-state index in [0.29, 0.717) is 21.6 Å².